The SMILES string of the molecule is COc1cc(C=C(C#N)C#N)ccc1OCC(=O)N1[C@@H](C)CCC[C@@H]1C. The first-order chi connectivity index (χ1) is 12.5. The van der Waals surface area contributed by atoms with Crippen molar-refractivity contribution in [2.45, 2.75) is 45.2 Å². The van der Waals surface area contributed by atoms with Crippen LogP contribution in [0.25, 0.3) is 6.08 Å². The van der Waals surface area contributed by atoms with Crippen LogP contribution in [0, 0.1) is 22.7 Å². The highest BCUT2D eigenvalue weighted by Crippen LogP contribution is 2.29. The summed E-state index contributed by atoms with van der Waals surface area (Å²) in [6.07, 6.45) is 4.64. The minimum Gasteiger partial charge on any atom is -0.493 e. The van der Waals surface area contributed by atoms with Gasteiger partial charge in [-0.15, -0.1) is 0 Å². The summed E-state index contributed by atoms with van der Waals surface area (Å²) < 4.78 is 11.0. The molecule has 26 heavy (non-hydrogen) atoms. The van der Waals surface area contributed by atoms with Crippen LogP contribution in [-0.4, -0.2) is 36.6 Å². The van der Waals surface area contributed by atoms with Crippen LogP contribution >= 0.6 is 0 Å². The lowest BCUT2D eigenvalue weighted by Crippen LogP contribution is -2.49. The van der Waals surface area contributed by atoms with Crippen molar-refractivity contribution in [1.82, 2.24) is 4.90 Å². The number of ether oxygens (including phenoxy) is 2. The number of nitriles is 2. The van der Waals surface area contributed by atoms with Crippen LogP contribution in [0.3, 0.4) is 0 Å². The van der Waals surface area contributed by atoms with Gasteiger partial charge >= 0.3 is 0 Å². The molecule has 136 valence electrons. The Morgan fingerprint density at radius 3 is 2.46 bits per heavy atom. The van der Waals surface area contributed by atoms with Crippen molar-refractivity contribution in [2.24, 2.45) is 0 Å². The van der Waals surface area contributed by atoms with Crippen LogP contribution in [-0.2, 0) is 4.79 Å². The smallest absolute Gasteiger partial charge is 0.260 e. The molecule has 0 N–H and O–H groups in total. The molecule has 0 aliphatic carbocycles. The molecule has 0 spiro atoms. The molecule has 2 atom stereocenters. The summed E-state index contributed by atoms with van der Waals surface area (Å²) >= 11 is 0. The predicted octanol–water partition coefficient (Wildman–Crippen LogP) is 3.29. The fourth-order valence-electron chi connectivity index (χ4n) is 3.28. The van der Waals surface area contributed by atoms with Crippen molar-refractivity contribution in [3.05, 3.63) is 29.3 Å². The molecule has 0 bridgehead atoms. The molecule has 0 saturated carbocycles. The van der Waals surface area contributed by atoms with Crippen molar-refractivity contribution < 1.29 is 14.3 Å². The van der Waals surface area contributed by atoms with Gasteiger partial charge in [-0.25, -0.2) is 0 Å². The van der Waals surface area contributed by atoms with Gasteiger partial charge in [0.1, 0.15) is 17.7 Å². The van der Waals surface area contributed by atoms with Gasteiger partial charge in [-0.05, 0) is 56.9 Å². The van der Waals surface area contributed by atoms with Gasteiger partial charge in [0.15, 0.2) is 18.1 Å². The second-order valence-electron chi connectivity index (χ2n) is 6.41. The van der Waals surface area contributed by atoms with E-state index in [-0.39, 0.29) is 30.2 Å². The quantitative estimate of drug-likeness (QED) is 0.758. The largest absolute Gasteiger partial charge is 0.493 e. The number of nitrogens with zero attached hydrogens (tertiary/aromatic N) is 3. The Bertz CT molecular complexity index is 747. The molecule has 1 fully saturated rings. The van der Waals surface area contributed by atoms with Gasteiger partial charge in [-0.1, -0.05) is 6.07 Å². The minimum atomic E-state index is -0.0537. The molecule has 1 saturated heterocycles. The zero-order chi connectivity index (χ0) is 19.1. The molecule has 0 aromatic heterocycles. The Labute approximate surface area is 154 Å². The van der Waals surface area contributed by atoms with E-state index in [1.165, 1.54) is 13.2 Å². The van der Waals surface area contributed by atoms with Crippen molar-refractivity contribution in [1.29, 1.82) is 10.5 Å². The molecule has 1 aromatic rings. The van der Waals surface area contributed by atoms with Gasteiger partial charge in [-0.3, -0.25) is 4.79 Å². The van der Waals surface area contributed by atoms with E-state index < -0.39 is 0 Å². The molecular weight excluding hydrogens is 330 g/mol. The topological polar surface area (TPSA) is 86.3 Å². The van der Waals surface area contributed by atoms with E-state index in [4.69, 9.17) is 20.0 Å². The standard InChI is InChI=1S/C20H23N3O3/c1-14-5-4-6-15(2)23(14)20(24)13-26-18-8-7-16(10-19(18)25-3)9-17(11-21)12-22/h7-10,14-15H,4-6,13H2,1-3H3/t14-,15-/m0/s1. The summed E-state index contributed by atoms with van der Waals surface area (Å²) in [6.45, 7) is 4.08. The zero-order valence-corrected chi connectivity index (χ0v) is 15.4. The highest BCUT2D eigenvalue weighted by atomic mass is 16.5. The molecular formula is C20H23N3O3. The maximum absolute atomic E-state index is 12.6. The molecule has 2 rings (SSSR count). The van der Waals surface area contributed by atoms with E-state index in [1.807, 2.05) is 17.0 Å². The molecule has 1 heterocycles. The van der Waals surface area contributed by atoms with Gasteiger partial charge in [0.2, 0.25) is 0 Å². The van der Waals surface area contributed by atoms with Crippen molar-refractivity contribution in [3.8, 4) is 23.6 Å². The summed E-state index contributed by atoms with van der Waals surface area (Å²) in [6, 6.07) is 9.13. The summed E-state index contributed by atoms with van der Waals surface area (Å²) in [5, 5.41) is 17.7. The van der Waals surface area contributed by atoms with Crippen LogP contribution in [0.1, 0.15) is 38.7 Å². The Balaban J connectivity index is 2.10. The average Bonchev–Trinajstić information content (AvgIpc) is 2.64. The number of amides is 1. The fraction of sp³-hybridized carbons (Fsp3) is 0.450. The van der Waals surface area contributed by atoms with Crippen LogP contribution in [0.4, 0.5) is 0 Å². The van der Waals surface area contributed by atoms with E-state index in [1.54, 1.807) is 18.2 Å². The van der Waals surface area contributed by atoms with Crippen LogP contribution in [0.5, 0.6) is 11.5 Å². The van der Waals surface area contributed by atoms with Crippen LogP contribution in [0.15, 0.2) is 23.8 Å². The molecule has 1 aliphatic heterocycles. The van der Waals surface area contributed by atoms with Gasteiger partial charge in [0.25, 0.3) is 5.91 Å². The number of allylic oxidation sites excluding steroid dienone is 1. The first kappa shape index (κ1) is 19.3. The van der Waals surface area contributed by atoms with E-state index in [9.17, 15) is 4.79 Å². The highest BCUT2D eigenvalue weighted by molar-refractivity contribution is 5.78. The number of methoxy groups -OCH3 is 1. The number of benzene rings is 1. The maximum Gasteiger partial charge on any atom is 0.260 e. The third kappa shape index (κ3) is 4.55. The van der Waals surface area contributed by atoms with E-state index in [2.05, 4.69) is 13.8 Å². The van der Waals surface area contributed by atoms with Gasteiger partial charge < -0.3 is 14.4 Å². The fourth-order valence-corrected chi connectivity index (χ4v) is 3.28. The molecule has 0 radical (unpaired) electrons. The van der Waals surface area contributed by atoms with Gasteiger partial charge in [-0.2, -0.15) is 10.5 Å². The Morgan fingerprint density at radius 2 is 1.88 bits per heavy atom. The summed E-state index contributed by atoms with van der Waals surface area (Å²) in [5.41, 5.74) is 0.654. The Kier molecular flexibility index (Phi) is 6.63. The number of hydrogen-bond acceptors (Lipinski definition) is 5. The Morgan fingerprint density at radius 1 is 1.23 bits per heavy atom. The lowest BCUT2D eigenvalue weighted by atomic mass is 9.97. The van der Waals surface area contributed by atoms with Crippen molar-refractivity contribution in [2.75, 3.05) is 13.7 Å². The molecule has 1 aliphatic rings. The lowest BCUT2D eigenvalue weighted by Gasteiger charge is -2.39. The van der Waals surface area contributed by atoms with Crippen molar-refractivity contribution in [3.63, 3.8) is 0 Å². The maximum atomic E-state index is 12.6. The monoisotopic (exact) mass is 353 g/mol. The number of rotatable bonds is 5. The van der Waals surface area contributed by atoms with E-state index in [0.29, 0.717) is 17.1 Å². The van der Waals surface area contributed by atoms with Crippen molar-refractivity contribution >= 4 is 12.0 Å². The van der Waals surface area contributed by atoms with E-state index >= 15 is 0 Å². The lowest BCUT2D eigenvalue weighted by molar-refractivity contribution is -0.139. The number of piperidine rings is 1. The van der Waals surface area contributed by atoms with Crippen LogP contribution in [0.2, 0.25) is 0 Å². The number of hydrogen-bond donors (Lipinski definition) is 0. The predicted molar refractivity (Wildman–Crippen MR) is 97.3 cm³/mol. The third-order valence-corrected chi connectivity index (χ3v) is 4.57. The second-order valence-corrected chi connectivity index (χ2v) is 6.41. The average molecular weight is 353 g/mol. The Hall–Kier alpha value is -2.99. The third-order valence-electron chi connectivity index (χ3n) is 4.57. The summed E-state index contributed by atoms with van der Waals surface area (Å²) in [7, 11) is 1.50. The molecule has 6 heteroatoms. The van der Waals surface area contributed by atoms with Gasteiger partial charge in [0, 0.05) is 12.1 Å². The number of likely N-dealkylation sites (tertiary alicyclic amines) is 1. The van der Waals surface area contributed by atoms with Gasteiger partial charge in [0.05, 0.1) is 7.11 Å². The molecule has 1 amide bonds. The van der Waals surface area contributed by atoms with Crippen LogP contribution < -0.4 is 9.47 Å². The highest BCUT2D eigenvalue weighted by Gasteiger charge is 2.29. The normalized spacial score (nSPS) is 19.0. The molecule has 6 nitrogen and oxygen atoms in total. The first-order valence-corrected chi connectivity index (χ1v) is 8.64. The molecule has 1 aromatic carbocycles. The minimum absolute atomic E-state index is 0.00368. The molecule has 0 unspecified atom stereocenters. The summed E-state index contributed by atoms with van der Waals surface area (Å²) in [5.74, 6) is 0.860. The number of carbonyl (C=O) groups excluding carboxylic acids is 1. The first-order valence-electron chi connectivity index (χ1n) is 8.64. The number of carbonyl (C=O) groups is 1. The second kappa shape index (κ2) is 8.92. The zero-order valence-electron chi connectivity index (χ0n) is 15.4. The summed E-state index contributed by atoms with van der Waals surface area (Å²) in [4.78, 5) is 14.5. The van der Waals surface area contributed by atoms with E-state index in [0.717, 1.165) is 19.3 Å².